The lowest BCUT2D eigenvalue weighted by molar-refractivity contribution is -0.136. The Morgan fingerprint density at radius 3 is 2.53 bits per heavy atom. The van der Waals surface area contributed by atoms with Crippen LogP contribution in [0.1, 0.15) is 18.1 Å². The van der Waals surface area contributed by atoms with E-state index < -0.39 is 17.7 Å². The van der Waals surface area contributed by atoms with Crippen molar-refractivity contribution in [1.29, 1.82) is 0 Å². The summed E-state index contributed by atoms with van der Waals surface area (Å²) < 4.78 is 10.5. The highest BCUT2D eigenvalue weighted by atomic mass is 35.5. The van der Waals surface area contributed by atoms with Gasteiger partial charge < -0.3 is 20.5 Å². The van der Waals surface area contributed by atoms with Crippen LogP contribution >= 0.6 is 11.6 Å². The molecule has 0 aromatic heterocycles. The minimum Gasteiger partial charge on any atom is -0.493 e. The van der Waals surface area contributed by atoms with Crippen molar-refractivity contribution < 1.29 is 23.9 Å². The standard InChI is InChI=1S/C20H21ClN4O5/c1-11-14(21)5-4-6-15(11)23-19(27)20(28)25-24-12(2)13-7-8-16(17(9-13)29-3)30-10-18(22)26/h4-9H,10H2,1-3H3,(H2,22,26)(H,23,27)(H,25,28)/b24-12+. The molecule has 0 spiro atoms. The number of nitrogens with zero attached hydrogens (tertiary/aromatic N) is 1. The minimum atomic E-state index is -0.942. The summed E-state index contributed by atoms with van der Waals surface area (Å²) in [4.78, 5) is 35.0. The second kappa shape index (κ2) is 10.3. The van der Waals surface area contributed by atoms with Crippen LogP contribution in [0, 0.1) is 6.92 Å². The van der Waals surface area contributed by atoms with Gasteiger partial charge >= 0.3 is 11.8 Å². The van der Waals surface area contributed by atoms with Gasteiger partial charge in [-0.25, -0.2) is 5.43 Å². The quantitative estimate of drug-likeness (QED) is 0.349. The number of carbonyl (C=O) groups is 3. The summed E-state index contributed by atoms with van der Waals surface area (Å²) in [5, 5.41) is 6.89. The van der Waals surface area contributed by atoms with Crippen molar-refractivity contribution in [3.05, 3.63) is 52.5 Å². The normalized spacial score (nSPS) is 10.9. The molecule has 30 heavy (non-hydrogen) atoms. The van der Waals surface area contributed by atoms with Gasteiger partial charge in [0.25, 0.3) is 5.91 Å². The number of ether oxygens (including phenoxy) is 2. The first-order valence-corrected chi connectivity index (χ1v) is 9.11. The summed E-state index contributed by atoms with van der Waals surface area (Å²) in [6.45, 7) is 3.07. The topological polar surface area (TPSA) is 132 Å². The lowest BCUT2D eigenvalue weighted by Crippen LogP contribution is -2.33. The Hall–Kier alpha value is -3.59. The molecule has 0 fully saturated rings. The van der Waals surface area contributed by atoms with Crippen LogP contribution in [-0.2, 0) is 14.4 Å². The van der Waals surface area contributed by atoms with Crippen LogP contribution in [0.5, 0.6) is 11.5 Å². The Kier molecular flexibility index (Phi) is 7.76. The molecule has 0 heterocycles. The molecule has 0 aliphatic rings. The second-order valence-corrected chi connectivity index (χ2v) is 6.53. The van der Waals surface area contributed by atoms with E-state index in [-0.39, 0.29) is 6.61 Å². The van der Waals surface area contributed by atoms with Gasteiger partial charge in [-0.15, -0.1) is 0 Å². The second-order valence-electron chi connectivity index (χ2n) is 6.13. The van der Waals surface area contributed by atoms with Crippen LogP contribution in [0.4, 0.5) is 5.69 Å². The molecule has 10 heteroatoms. The molecule has 0 saturated heterocycles. The molecule has 158 valence electrons. The van der Waals surface area contributed by atoms with Gasteiger partial charge in [0.1, 0.15) is 0 Å². The first kappa shape index (κ1) is 22.7. The maximum Gasteiger partial charge on any atom is 0.329 e. The van der Waals surface area contributed by atoms with Gasteiger partial charge in [-0.3, -0.25) is 14.4 Å². The number of hydrazone groups is 1. The van der Waals surface area contributed by atoms with E-state index in [1.165, 1.54) is 7.11 Å². The first-order valence-electron chi connectivity index (χ1n) is 8.73. The highest BCUT2D eigenvalue weighted by Gasteiger charge is 2.15. The molecule has 2 aromatic carbocycles. The van der Waals surface area contributed by atoms with E-state index in [4.69, 9.17) is 26.8 Å². The molecule has 3 amide bonds. The first-order chi connectivity index (χ1) is 14.2. The number of nitrogens with two attached hydrogens (primary N) is 1. The van der Waals surface area contributed by atoms with Gasteiger partial charge in [-0.1, -0.05) is 17.7 Å². The zero-order valence-electron chi connectivity index (χ0n) is 16.6. The van der Waals surface area contributed by atoms with Crippen LogP contribution in [0.3, 0.4) is 0 Å². The molecule has 0 unspecified atom stereocenters. The van der Waals surface area contributed by atoms with Gasteiger partial charge in [0, 0.05) is 16.3 Å². The average molecular weight is 433 g/mol. The summed E-state index contributed by atoms with van der Waals surface area (Å²) in [7, 11) is 1.44. The van der Waals surface area contributed by atoms with E-state index in [1.807, 2.05) is 0 Å². The number of hydrogen-bond acceptors (Lipinski definition) is 6. The fourth-order valence-electron chi connectivity index (χ4n) is 2.33. The predicted molar refractivity (Wildman–Crippen MR) is 113 cm³/mol. The molecule has 4 N–H and O–H groups in total. The molecular weight excluding hydrogens is 412 g/mol. The van der Waals surface area contributed by atoms with Crippen molar-refractivity contribution in [3.8, 4) is 11.5 Å². The number of carbonyl (C=O) groups excluding carboxylic acids is 3. The smallest absolute Gasteiger partial charge is 0.329 e. The number of hydrogen-bond donors (Lipinski definition) is 3. The van der Waals surface area contributed by atoms with Gasteiger partial charge in [0.2, 0.25) is 0 Å². The van der Waals surface area contributed by atoms with E-state index in [1.54, 1.807) is 50.2 Å². The molecule has 0 bridgehead atoms. The van der Waals surface area contributed by atoms with Gasteiger partial charge in [-0.05, 0) is 49.7 Å². The number of halogens is 1. The Balaban J connectivity index is 2.06. The fraction of sp³-hybridized carbons (Fsp3) is 0.200. The van der Waals surface area contributed by atoms with E-state index >= 15 is 0 Å². The lowest BCUT2D eigenvalue weighted by Gasteiger charge is -2.11. The largest absolute Gasteiger partial charge is 0.493 e. The number of primary amides is 1. The van der Waals surface area contributed by atoms with Gasteiger partial charge in [-0.2, -0.15) is 5.10 Å². The van der Waals surface area contributed by atoms with E-state index in [9.17, 15) is 14.4 Å². The summed E-state index contributed by atoms with van der Waals surface area (Å²) in [5.41, 5.74) is 9.35. The van der Waals surface area contributed by atoms with Crippen LogP contribution < -0.4 is 25.9 Å². The Morgan fingerprint density at radius 1 is 1.13 bits per heavy atom. The van der Waals surface area contributed by atoms with Crippen molar-refractivity contribution in [2.45, 2.75) is 13.8 Å². The Labute approximate surface area is 178 Å². The summed E-state index contributed by atoms with van der Waals surface area (Å²) in [6, 6.07) is 9.81. The number of amides is 3. The van der Waals surface area contributed by atoms with E-state index in [0.717, 1.165) is 0 Å². The van der Waals surface area contributed by atoms with Crippen molar-refractivity contribution >= 4 is 40.7 Å². The highest BCUT2D eigenvalue weighted by molar-refractivity contribution is 6.40. The van der Waals surface area contributed by atoms with E-state index in [0.29, 0.717) is 39.0 Å². The average Bonchev–Trinajstić information content (AvgIpc) is 2.73. The third-order valence-corrected chi connectivity index (χ3v) is 4.41. The maximum atomic E-state index is 12.1. The van der Waals surface area contributed by atoms with Crippen molar-refractivity contribution in [3.63, 3.8) is 0 Å². The van der Waals surface area contributed by atoms with Crippen LogP contribution in [-0.4, -0.2) is 37.1 Å². The summed E-state index contributed by atoms with van der Waals surface area (Å²) in [6.07, 6.45) is 0. The SMILES string of the molecule is COc1cc(/C(C)=N/NC(=O)C(=O)Nc2cccc(Cl)c2C)ccc1OCC(N)=O. The maximum absolute atomic E-state index is 12.1. The van der Waals surface area contributed by atoms with Gasteiger partial charge in [0.05, 0.1) is 12.8 Å². The number of benzene rings is 2. The molecule has 0 aliphatic heterocycles. The molecular formula is C20H21ClN4O5. The lowest BCUT2D eigenvalue weighted by atomic mass is 10.1. The molecule has 9 nitrogen and oxygen atoms in total. The molecule has 0 saturated carbocycles. The Morgan fingerprint density at radius 2 is 1.87 bits per heavy atom. The fourth-order valence-corrected chi connectivity index (χ4v) is 2.51. The molecule has 0 atom stereocenters. The highest BCUT2D eigenvalue weighted by Crippen LogP contribution is 2.28. The molecule has 2 aromatic rings. The van der Waals surface area contributed by atoms with Crippen LogP contribution in [0.25, 0.3) is 0 Å². The van der Waals surface area contributed by atoms with Crippen LogP contribution in [0.2, 0.25) is 5.02 Å². The summed E-state index contributed by atoms with van der Waals surface area (Å²) >= 11 is 6.00. The minimum absolute atomic E-state index is 0.292. The number of methoxy groups -OCH3 is 1. The number of anilines is 1. The molecule has 2 rings (SSSR count). The Bertz CT molecular complexity index is 1010. The predicted octanol–water partition coefficient (Wildman–Crippen LogP) is 2.00. The van der Waals surface area contributed by atoms with E-state index in [2.05, 4.69) is 15.8 Å². The third-order valence-electron chi connectivity index (χ3n) is 4.00. The summed E-state index contributed by atoms with van der Waals surface area (Å²) in [5.74, 6) is -1.77. The molecule has 0 radical (unpaired) electrons. The number of rotatable bonds is 7. The van der Waals surface area contributed by atoms with Gasteiger partial charge in [0.15, 0.2) is 18.1 Å². The third kappa shape index (κ3) is 5.95. The van der Waals surface area contributed by atoms with Crippen molar-refractivity contribution in [2.24, 2.45) is 10.8 Å². The van der Waals surface area contributed by atoms with Crippen molar-refractivity contribution in [1.82, 2.24) is 5.43 Å². The monoisotopic (exact) mass is 432 g/mol. The number of nitrogens with one attached hydrogen (secondary N) is 2. The van der Waals surface area contributed by atoms with Crippen molar-refractivity contribution in [2.75, 3.05) is 19.0 Å². The zero-order valence-corrected chi connectivity index (χ0v) is 17.4. The zero-order chi connectivity index (χ0) is 22.3. The van der Waals surface area contributed by atoms with Crippen LogP contribution in [0.15, 0.2) is 41.5 Å². The molecule has 0 aliphatic carbocycles.